The minimum atomic E-state index is -4.37. The quantitative estimate of drug-likeness (QED) is 0.0273. The first-order valence-electron chi connectivity index (χ1n) is 20.8. The Morgan fingerprint density at radius 2 is 0.980 bits per heavy atom. The van der Waals surface area contributed by atoms with Gasteiger partial charge in [0.1, 0.15) is 6.61 Å². The van der Waals surface area contributed by atoms with E-state index in [1.54, 1.807) is 0 Å². The summed E-state index contributed by atoms with van der Waals surface area (Å²) in [4.78, 5) is 34.7. The Hall–Kier alpha value is -1.51. The van der Waals surface area contributed by atoms with Crippen molar-refractivity contribution >= 4 is 19.8 Å². The maximum Gasteiger partial charge on any atom is 0.472 e. The van der Waals surface area contributed by atoms with E-state index in [4.69, 9.17) is 24.3 Å². The maximum absolute atomic E-state index is 12.6. The Bertz CT molecular complexity index is 897. The number of carbonyl (C=O) groups is 2. The molecule has 0 spiro atoms. The lowest BCUT2D eigenvalue weighted by Crippen LogP contribution is -2.29. The zero-order chi connectivity index (χ0) is 37.5. The molecule has 300 valence electrons. The Labute approximate surface area is 312 Å². The zero-order valence-corrected chi connectivity index (χ0v) is 33.7. The predicted octanol–water partition coefficient (Wildman–Crippen LogP) is 11.6. The van der Waals surface area contributed by atoms with Crippen molar-refractivity contribution in [3.8, 4) is 0 Å². The van der Waals surface area contributed by atoms with E-state index < -0.39 is 32.5 Å². The van der Waals surface area contributed by atoms with Crippen LogP contribution in [0, 0.1) is 0 Å². The molecular weight excluding hydrogens is 665 g/mol. The lowest BCUT2D eigenvalue weighted by atomic mass is 10.1. The van der Waals surface area contributed by atoms with Gasteiger partial charge < -0.3 is 20.1 Å². The smallest absolute Gasteiger partial charge is 0.462 e. The number of ether oxygens (including phenoxy) is 2. The van der Waals surface area contributed by atoms with Crippen molar-refractivity contribution in [3.05, 3.63) is 24.3 Å². The van der Waals surface area contributed by atoms with E-state index in [-0.39, 0.29) is 32.6 Å². The number of allylic oxidation sites excluding steroid dienone is 4. The second kappa shape index (κ2) is 38.2. The summed E-state index contributed by atoms with van der Waals surface area (Å²) in [5.41, 5.74) is 5.34. The Balaban J connectivity index is 4.13. The normalized spacial score (nSPS) is 13.6. The van der Waals surface area contributed by atoms with Crippen molar-refractivity contribution in [1.29, 1.82) is 0 Å². The molecule has 0 heterocycles. The van der Waals surface area contributed by atoms with Crippen LogP contribution in [0.2, 0.25) is 0 Å². The number of esters is 2. The molecule has 3 N–H and O–H groups in total. The van der Waals surface area contributed by atoms with Crippen molar-refractivity contribution in [3.63, 3.8) is 0 Å². The van der Waals surface area contributed by atoms with E-state index in [1.807, 2.05) is 0 Å². The molecule has 9 nitrogen and oxygen atoms in total. The van der Waals surface area contributed by atoms with Crippen molar-refractivity contribution in [2.45, 2.75) is 200 Å². The van der Waals surface area contributed by atoms with Gasteiger partial charge in [0.15, 0.2) is 6.10 Å². The lowest BCUT2D eigenvalue weighted by molar-refractivity contribution is -0.161. The highest BCUT2D eigenvalue weighted by Gasteiger charge is 2.26. The van der Waals surface area contributed by atoms with E-state index in [9.17, 15) is 19.0 Å². The molecule has 2 atom stereocenters. The number of carbonyl (C=O) groups excluding carboxylic acids is 2. The highest BCUT2D eigenvalue weighted by Crippen LogP contribution is 2.43. The summed E-state index contributed by atoms with van der Waals surface area (Å²) < 4.78 is 32.7. The Kier molecular flexibility index (Phi) is 37.1. The first-order chi connectivity index (χ1) is 24.8. The number of hydrogen-bond acceptors (Lipinski definition) is 8. The SMILES string of the molecule is CCCC/C=C\CCCCCCCC(=O)OC[C@H](COP(=O)(O)OCCN)OC(=O)CCCCCCCCCCC/C=C\CCCCCCCC. The van der Waals surface area contributed by atoms with Crippen LogP contribution in [0.1, 0.15) is 194 Å². The van der Waals surface area contributed by atoms with E-state index in [0.717, 1.165) is 64.2 Å². The van der Waals surface area contributed by atoms with Crippen molar-refractivity contribution in [2.24, 2.45) is 5.73 Å². The van der Waals surface area contributed by atoms with Crippen LogP contribution in [0.25, 0.3) is 0 Å². The fourth-order valence-corrected chi connectivity index (χ4v) is 6.43. The van der Waals surface area contributed by atoms with E-state index in [1.165, 1.54) is 96.3 Å². The number of phosphoric ester groups is 1. The molecule has 0 aromatic heterocycles. The fraction of sp³-hybridized carbons (Fsp3) is 0.854. The molecule has 0 rings (SSSR count). The van der Waals surface area contributed by atoms with Crippen LogP contribution in [-0.4, -0.2) is 49.3 Å². The van der Waals surface area contributed by atoms with Crippen LogP contribution in [0.3, 0.4) is 0 Å². The van der Waals surface area contributed by atoms with Gasteiger partial charge in [-0.15, -0.1) is 0 Å². The zero-order valence-electron chi connectivity index (χ0n) is 32.8. The Morgan fingerprint density at radius 3 is 1.45 bits per heavy atom. The first-order valence-corrected chi connectivity index (χ1v) is 22.3. The summed E-state index contributed by atoms with van der Waals surface area (Å²) in [6, 6.07) is 0. The molecule has 0 bridgehead atoms. The Morgan fingerprint density at radius 1 is 0.569 bits per heavy atom. The predicted molar refractivity (Wildman–Crippen MR) is 211 cm³/mol. The number of unbranched alkanes of at least 4 members (excludes halogenated alkanes) is 22. The minimum Gasteiger partial charge on any atom is -0.462 e. The average Bonchev–Trinajstić information content (AvgIpc) is 3.11. The highest BCUT2D eigenvalue weighted by molar-refractivity contribution is 7.47. The molecule has 0 radical (unpaired) electrons. The van der Waals surface area contributed by atoms with Crippen molar-refractivity contribution < 1.29 is 37.6 Å². The van der Waals surface area contributed by atoms with Gasteiger partial charge in [0.25, 0.3) is 0 Å². The topological polar surface area (TPSA) is 134 Å². The van der Waals surface area contributed by atoms with Gasteiger partial charge >= 0.3 is 19.8 Å². The fourth-order valence-electron chi connectivity index (χ4n) is 5.67. The summed E-state index contributed by atoms with van der Waals surface area (Å²) in [6.45, 7) is 3.68. The van der Waals surface area contributed by atoms with Gasteiger partial charge in [-0.3, -0.25) is 18.6 Å². The molecule has 0 saturated heterocycles. The number of hydrogen-bond donors (Lipinski definition) is 2. The summed E-state index contributed by atoms with van der Waals surface area (Å²) >= 11 is 0. The number of phosphoric acid groups is 1. The van der Waals surface area contributed by atoms with Crippen molar-refractivity contribution in [1.82, 2.24) is 0 Å². The monoisotopic (exact) mass is 744 g/mol. The van der Waals surface area contributed by atoms with Crippen LogP contribution < -0.4 is 5.73 Å². The molecule has 0 aromatic carbocycles. The molecule has 0 aromatic rings. The van der Waals surface area contributed by atoms with Crippen LogP contribution in [0.5, 0.6) is 0 Å². The summed E-state index contributed by atoms with van der Waals surface area (Å²) in [5.74, 6) is -0.839. The van der Waals surface area contributed by atoms with Crippen LogP contribution in [0.15, 0.2) is 24.3 Å². The molecule has 10 heteroatoms. The van der Waals surface area contributed by atoms with E-state index in [2.05, 4.69) is 38.2 Å². The van der Waals surface area contributed by atoms with Gasteiger partial charge in [-0.05, 0) is 57.8 Å². The van der Waals surface area contributed by atoms with E-state index >= 15 is 0 Å². The molecule has 0 amide bonds. The standard InChI is InChI=1S/C41H78NO8P/c1-3-5-7-9-11-13-15-16-17-18-19-20-21-22-24-26-28-30-32-34-41(44)50-39(38-49-51(45,46)48-36-35-42)37-47-40(43)33-31-29-27-25-23-14-12-10-8-6-4-2/h10,12,16-17,39H,3-9,11,13-15,18-38,42H2,1-2H3,(H,45,46)/b12-10-,17-16-/t39-/m1/s1. The van der Waals surface area contributed by atoms with Gasteiger partial charge in [0.05, 0.1) is 13.2 Å². The second-order valence-electron chi connectivity index (χ2n) is 13.8. The molecule has 0 aliphatic carbocycles. The summed E-state index contributed by atoms with van der Waals surface area (Å²) in [7, 11) is -4.37. The van der Waals surface area contributed by atoms with Gasteiger partial charge in [0, 0.05) is 19.4 Å². The van der Waals surface area contributed by atoms with Crippen LogP contribution >= 0.6 is 7.82 Å². The molecule has 0 aliphatic heterocycles. The maximum atomic E-state index is 12.6. The highest BCUT2D eigenvalue weighted by atomic mass is 31.2. The molecule has 0 fully saturated rings. The summed E-state index contributed by atoms with van der Waals surface area (Å²) in [5, 5.41) is 0. The van der Waals surface area contributed by atoms with Crippen LogP contribution in [0.4, 0.5) is 0 Å². The van der Waals surface area contributed by atoms with Gasteiger partial charge in [-0.1, -0.05) is 147 Å². The van der Waals surface area contributed by atoms with Crippen molar-refractivity contribution in [2.75, 3.05) is 26.4 Å². The molecule has 51 heavy (non-hydrogen) atoms. The second-order valence-corrected chi connectivity index (χ2v) is 15.3. The third-order valence-corrected chi connectivity index (χ3v) is 9.79. The molecule has 0 aliphatic rings. The van der Waals surface area contributed by atoms with Crippen LogP contribution in [-0.2, 0) is 32.7 Å². The largest absolute Gasteiger partial charge is 0.472 e. The molecule has 0 saturated carbocycles. The first kappa shape index (κ1) is 49.5. The third-order valence-electron chi connectivity index (χ3n) is 8.81. The minimum absolute atomic E-state index is 0.0529. The summed E-state index contributed by atoms with van der Waals surface area (Å²) in [6.07, 6.45) is 39.2. The molecular formula is C41H78NO8P. The van der Waals surface area contributed by atoms with E-state index in [0.29, 0.717) is 6.42 Å². The third kappa shape index (κ3) is 38.0. The number of rotatable bonds is 39. The van der Waals surface area contributed by atoms with Gasteiger partial charge in [-0.25, -0.2) is 4.57 Å². The number of nitrogens with two attached hydrogens (primary N) is 1. The lowest BCUT2D eigenvalue weighted by Gasteiger charge is -2.19. The van der Waals surface area contributed by atoms with Gasteiger partial charge in [0.2, 0.25) is 0 Å². The molecule has 1 unspecified atom stereocenters. The average molecular weight is 744 g/mol. The van der Waals surface area contributed by atoms with Gasteiger partial charge in [-0.2, -0.15) is 0 Å².